The van der Waals surface area contributed by atoms with E-state index in [4.69, 9.17) is 4.74 Å². The molecule has 0 aliphatic heterocycles. The number of carbonyl (C=O) groups excluding carboxylic acids is 1. The van der Waals surface area contributed by atoms with Gasteiger partial charge in [-0.25, -0.2) is 9.67 Å². The van der Waals surface area contributed by atoms with Crippen LogP contribution in [0.15, 0.2) is 18.3 Å². The molecule has 2 heterocycles. The van der Waals surface area contributed by atoms with Crippen LogP contribution >= 0.6 is 0 Å². The van der Waals surface area contributed by atoms with Crippen LogP contribution in [-0.2, 0) is 6.42 Å². The van der Waals surface area contributed by atoms with Crippen LogP contribution in [0.5, 0.6) is 5.75 Å². The van der Waals surface area contributed by atoms with Crippen molar-refractivity contribution in [2.75, 3.05) is 13.7 Å². The van der Waals surface area contributed by atoms with Gasteiger partial charge in [-0.2, -0.15) is 5.10 Å². The van der Waals surface area contributed by atoms with E-state index >= 15 is 0 Å². The molecule has 2 aromatic rings. The predicted octanol–water partition coefficient (Wildman–Crippen LogP) is 1.44. The zero-order valence-corrected chi connectivity index (χ0v) is 14.6. The molecule has 0 saturated heterocycles. The Morgan fingerprint density at radius 2 is 2.28 bits per heavy atom. The molecule has 132 valence electrons. The van der Waals surface area contributed by atoms with E-state index in [0.29, 0.717) is 29.1 Å². The van der Waals surface area contributed by atoms with Crippen molar-refractivity contribution >= 4 is 5.91 Å². The minimum atomic E-state index is -0.687. The van der Waals surface area contributed by atoms with Gasteiger partial charge < -0.3 is 15.2 Å². The molecule has 2 N–H and O–H groups in total. The molecule has 0 spiro atoms. The lowest BCUT2D eigenvalue weighted by Crippen LogP contribution is -2.46. The molecule has 25 heavy (non-hydrogen) atoms. The largest absolute Gasteiger partial charge is 0.495 e. The lowest BCUT2D eigenvalue weighted by atomic mass is 10.1. The fourth-order valence-electron chi connectivity index (χ4n) is 3.50. The summed E-state index contributed by atoms with van der Waals surface area (Å²) in [7, 11) is 1.60. The molecule has 0 unspecified atom stereocenters. The molecule has 7 nitrogen and oxygen atoms in total. The third-order valence-corrected chi connectivity index (χ3v) is 5.00. The smallest absolute Gasteiger partial charge is 0.272 e. The molecule has 2 aromatic heterocycles. The van der Waals surface area contributed by atoms with E-state index in [1.54, 1.807) is 31.8 Å². The molecule has 0 aromatic carbocycles. The van der Waals surface area contributed by atoms with Crippen molar-refractivity contribution in [3.63, 3.8) is 0 Å². The zero-order valence-electron chi connectivity index (χ0n) is 14.6. The Hall–Kier alpha value is -2.41. The highest BCUT2D eigenvalue weighted by molar-refractivity contribution is 5.95. The van der Waals surface area contributed by atoms with Gasteiger partial charge >= 0.3 is 0 Å². The molecule has 2 aliphatic carbocycles. The summed E-state index contributed by atoms with van der Waals surface area (Å²) in [5.41, 5.74) is 1.88. The van der Waals surface area contributed by atoms with Crippen LogP contribution in [0.2, 0.25) is 0 Å². The lowest BCUT2D eigenvalue weighted by Gasteiger charge is -2.23. The van der Waals surface area contributed by atoms with Gasteiger partial charge in [-0.3, -0.25) is 4.79 Å². The Morgan fingerprint density at radius 3 is 2.92 bits per heavy atom. The zero-order chi connectivity index (χ0) is 17.8. The SMILES string of the molecule is COc1ccc(-n2nc(C(=O)NC(C)(C)CO)c3c2[C@@H]2C[C@@H]2C3)nc1. The van der Waals surface area contributed by atoms with Crippen LogP contribution in [0.3, 0.4) is 0 Å². The Morgan fingerprint density at radius 1 is 1.48 bits per heavy atom. The summed E-state index contributed by atoms with van der Waals surface area (Å²) in [6.07, 6.45) is 3.69. The summed E-state index contributed by atoms with van der Waals surface area (Å²) in [6, 6.07) is 3.69. The molecule has 2 atom stereocenters. The van der Waals surface area contributed by atoms with Gasteiger partial charge in [-0.1, -0.05) is 0 Å². The van der Waals surface area contributed by atoms with Crippen molar-refractivity contribution in [3.8, 4) is 11.6 Å². The molecule has 7 heteroatoms. The fraction of sp³-hybridized carbons (Fsp3) is 0.500. The van der Waals surface area contributed by atoms with Gasteiger partial charge in [0.1, 0.15) is 5.75 Å². The number of carbonyl (C=O) groups is 1. The van der Waals surface area contributed by atoms with Gasteiger partial charge in [0.15, 0.2) is 11.5 Å². The van der Waals surface area contributed by atoms with Gasteiger partial charge in [0, 0.05) is 11.5 Å². The Kier molecular flexibility index (Phi) is 3.57. The Labute approximate surface area is 146 Å². The van der Waals surface area contributed by atoms with Gasteiger partial charge in [-0.15, -0.1) is 0 Å². The summed E-state index contributed by atoms with van der Waals surface area (Å²) >= 11 is 0. The second kappa shape index (κ2) is 5.56. The first-order chi connectivity index (χ1) is 11.9. The Bertz CT molecular complexity index is 826. The van der Waals surface area contributed by atoms with E-state index in [0.717, 1.165) is 24.1 Å². The van der Waals surface area contributed by atoms with Crippen LogP contribution in [0, 0.1) is 5.92 Å². The monoisotopic (exact) mass is 342 g/mol. The van der Waals surface area contributed by atoms with Gasteiger partial charge in [-0.05, 0) is 44.7 Å². The number of ether oxygens (including phenoxy) is 1. The number of hydrogen-bond donors (Lipinski definition) is 2. The number of aliphatic hydroxyl groups is 1. The number of aliphatic hydroxyl groups excluding tert-OH is 1. The summed E-state index contributed by atoms with van der Waals surface area (Å²) in [6.45, 7) is 3.43. The summed E-state index contributed by atoms with van der Waals surface area (Å²) in [4.78, 5) is 17.1. The third kappa shape index (κ3) is 2.68. The van der Waals surface area contributed by atoms with Gasteiger partial charge in [0.25, 0.3) is 5.91 Å². The van der Waals surface area contributed by atoms with Crippen molar-refractivity contribution in [2.45, 2.75) is 38.1 Å². The third-order valence-electron chi connectivity index (χ3n) is 5.00. The van der Waals surface area contributed by atoms with Crippen LogP contribution < -0.4 is 10.1 Å². The molecule has 1 amide bonds. The molecule has 2 aliphatic rings. The second-order valence-electron chi connectivity index (χ2n) is 7.48. The molecule has 0 bridgehead atoms. The first kappa shape index (κ1) is 16.1. The highest BCUT2D eigenvalue weighted by Crippen LogP contribution is 2.57. The van der Waals surface area contributed by atoms with Crippen molar-refractivity contribution in [1.29, 1.82) is 0 Å². The minimum absolute atomic E-state index is 0.132. The quantitative estimate of drug-likeness (QED) is 0.858. The van der Waals surface area contributed by atoms with E-state index in [1.165, 1.54) is 0 Å². The van der Waals surface area contributed by atoms with Gasteiger partial charge in [0.2, 0.25) is 0 Å². The van der Waals surface area contributed by atoms with Crippen LogP contribution in [0.1, 0.15) is 47.9 Å². The number of rotatable bonds is 5. The topological polar surface area (TPSA) is 89.3 Å². The maximum absolute atomic E-state index is 12.7. The first-order valence-electron chi connectivity index (χ1n) is 8.49. The van der Waals surface area contributed by atoms with Crippen molar-refractivity contribution in [2.24, 2.45) is 5.92 Å². The van der Waals surface area contributed by atoms with Crippen LogP contribution in [-0.4, -0.2) is 45.0 Å². The second-order valence-corrected chi connectivity index (χ2v) is 7.48. The number of hydrogen-bond acceptors (Lipinski definition) is 5. The van der Waals surface area contributed by atoms with Gasteiger partial charge in [0.05, 0.1) is 31.1 Å². The number of nitrogens with one attached hydrogen (secondary N) is 1. The number of aromatic nitrogens is 3. The first-order valence-corrected chi connectivity index (χ1v) is 8.49. The van der Waals surface area contributed by atoms with E-state index in [-0.39, 0.29) is 12.5 Å². The van der Waals surface area contributed by atoms with E-state index < -0.39 is 5.54 Å². The summed E-state index contributed by atoms with van der Waals surface area (Å²) in [5.74, 6) is 2.21. The van der Waals surface area contributed by atoms with E-state index in [9.17, 15) is 9.90 Å². The molecule has 0 radical (unpaired) electrons. The molecular weight excluding hydrogens is 320 g/mol. The number of fused-ring (bicyclic) bond motifs is 3. The number of methoxy groups -OCH3 is 1. The molecule has 1 saturated carbocycles. The normalized spacial score (nSPS) is 20.8. The lowest BCUT2D eigenvalue weighted by molar-refractivity contribution is 0.0863. The maximum Gasteiger partial charge on any atom is 0.272 e. The predicted molar refractivity (Wildman–Crippen MR) is 91.1 cm³/mol. The average Bonchev–Trinajstić information content (AvgIpc) is 3.10. The Balaban J connectivity index is 1.73. The fourth-order valence-corrected chi connectivity index (χ4v) is 3.50. The average molecular weight is 342 g/mol. The maximum atomic E-state index is 12.7. The van der Waals surface area contributed by atoms with Crippen molar-refractivity contribution in [1.82, 2.24) is 20.1 Å². The standard InChI is InChI=1S/C18H22N4O3/c1-18(2,9-23)20-17(24)15-13-7-10-6-12(10)16(13)22(21-15)14-5-4-11(25-3)8-19-14/h4-5,8,10,12,23H,6-7,9H2,1-3H3,(H,20,24)/t10-,12-/m1/s1. The minimum Gasteiger partial charge on any atom is -0.495 e. The van der Waals surface area contributed by atoms with Crippen LogP contribution in [0.4, 0.5) is 0 Å². The highest BCUT2D eigenvalue weighted by Gasteiger charge is 2.50. The van der Waals surface area contributed by atoms with Crippen molar-refractivity contribution in [3.05, 3.63) is 35.3 Å². The number of nitrogens with zero attached hydrogens (tertiary/aromatic N) is 3. The van der Waals surface area contributed by atoms with E-state index in [2.05, 4.69) is 15.4 Å². The van der Waals surface area contributed by atoms with Crippen molar-refractivity contribution < 1.29 is 14.6 Å². The van der Waals surface area contributed by atoms with Crippen LogP contribution in [0.25, 0.3) is 5.82 Å². The molecule has 1 fully saturated rings. The molecule has 4 rings (SSSR count). The highest BCUT2D eigenvalue weighted by atomic mass is 16.5. The number of pyridine rings is 1. The summed E-state index contributed by atoms with van der Waals surface area (Å²) < 4.78 is 6.96. The van der Waals surface area contributed by atoms with E-state index in [1.807, 2.05) is 12.1 Å². The summed E-state index contributed by atoms with van der Waals surface area (Å²) in [5, 5.41) is 16.8. The number of amides is 1. The molecular formula is C18H22N4O3.